The molecule has 0 aliphatic carbocycles. The van der Waals surface area contributed by atoms with Crippen LogP contribution in [-0.2, 0) is 13.0 Å². The normalized spacial score (nSPS) is 14.4. The van der Waals surface area contributed by atoms with Gasteiger partial charge in [-0.25, -0.2) is 0 Å². The van der Waals surface area contributed by atoms with Gasteiger partial charge in [0, 0.05) is 41.7 Å². The number of aryl methyl sites for hydroxylation is 1. The molecular formula is C15H14N4OS. The molecule has 0 saturated carbocycles. The van der Waals surface area contributed by atoms with Crippen molar-refractivity contribution in [2.24, 2.45) is 0 Å². The van der Waals surface area contributed by atoms with Gasteiger partial charge in [0.1, 0.15) is 4.88 Å². The molecule has 0 spiro atoms. The zero-order valence-electron chi connectivity index (χ0n) is 11.6. The summed E-state index contributed by atoms with van der Waals surface area (Å²) in [5.74, 6) is 0.0402. The number of rotatable bonds is 1. The van der Waals surface area contributed by atoms with E-state index in [1.165, 1.54) is 28.2 Å². The fourth-order valence-corrected chi connectivity index (χ4v) is 3.54. The lowest BCUT2D eigenvalue weighted by atomic mass is 10.0. The first-order valence-corrected chi connectivity index (χ1v) is 7.68. The van der Waals surface area contributed by atoms with Gasteiger partial charge in [-0.3, -0.25) is 4.79 Å². The quantitative estimate of drug-likeness (QED) is 0.751. The molecule has 1 aromatic carbocycles. The molecule has 2 aromatic heterocycles. The van der Waals surface area contributed by atoms with Crippen molar-refractivity contribution in [1.29, 1.82) is 0 Å². The van der Waals surface area contributed by atoms with Crippen molar-refractivity contribution in [2.75, 3.05) is 6.54 Å². The van der Waals surface area contributed by atoms with Gasteiger partial charge in [0.15, 0.2) is 0 Å². The summed E-state index contributed by atoms with van der Waals surface area (Å²) in [6.45, 7) is 3.21. The van der Waals surface area contributed by atoms with Gasteiger partial charge >= 0.3 is 0 Å². The van der Waals surface area contributed by atoms with E-state index < -0.39 is 0 Å². The highest BCUT2D eigenvalue weighted by molar-refractivity contribution is 7.07. The van der Waals surface area contributed by atoms with E-state index in [1.54, 1.807) is 0 Å². The summed E-state index contributed by atoms with van der Waals surface area (Å²) < 4.78 is 3.86. The van der Waals surface area contributed by atoms with Crippen molar-refractivity contribution in [3.63, 3.8) is 0 Å². The Hall–Kier alpha value is -2.21. The molecule has 106 valence electrons. The summed E-state index contributed by atoms with van der Waals surface area (Å²) >= 11 is 1.18. The topological polar surface area (TPSA) is 61.9 Å². The monoisotopic (exact) mass is 298 g/mol. The summed E-state index contributed by atoms with van der Waals surface area (Å²) in [6.07, 6.45) is 0.862. The molecule has 1 aliphatic heterocycles. The first kappa shape index (κ1) is 12.5. The van der Waals surface area contributed by atoms with Gasteiger partial charge in [-0.15, -0.1) is 5.10 Å². The van der Waals surface area contributed by atoms with Crippen LogP contribution >= 0.6 is 11.5 Å². The molecule has 6 heteroatoms. The first-order valence-electron chi connectivity index (χ1n) is 6.90. The number of benzene rings is 1. The summed E-state index contributed by atoms with van der Waals surface area (Å²) in [5.41, 5.74) is 4.35. The number of aromatic amines is 1. The van der Waals surface area contributed by atoms with Crippen molar-refractivity contribution in [1.82, 2.24) is 19.5 Å². The van der Waals surface area contributed by atoms with Crippen LogP contribution in [0, 0.1) is 6.92 Å². The molecule has 0 bridgehead atoms. The van der Waals surface area contributed by atoms with E-state index >= 15 is 0 Å². The maximum Gasteiger partial charge on any atom is 0.267 e. The van der Waals surface area contributed by atoms with E-state index in [0.717, 1.165) is 24.2 Å². The molecule has 3 heterocycles. The number of amides is 1. The molecule has 0 unspecified atom stereocenters. The average Bonchev–Trinajstić information content (AvgIpc) is 3.09. The lowest BCUT2D eigenvalue weighted by Gasteiger charge is -2.26. The van der Waals surface area contributed by atoms with Crippen LogP contribution < -0.4 is 0 Å². The molecule has 21 heavy (non-hydrogen) atoms. The maximum absolute atomic E-state index is 12.6. The zero-order chi connectivity index (χ0) is 14.4. The Morgan fingerprint density at radius 1 is 1.38 bits per heavy atom. The fraction of sp³-hybridized carbons (Fsp3) is 0.267. The number of para-hydroxylation sites is 1. The van der Waals surface area contributed by atoms with Gasteiger partial charge in [-0.1, -0.05) is 22.7 Å². The molecule has 0 radical (unpaired) electrons. The number of nitrogens with one attached hydrogen (secondary N) is 1. The minimum Gasteiger partial charge on any atom is -0.358 e. The minimum absolute atomic E-state index is 0.0402. The largest absolute Gasteiger partial charge is 0.358 e. The smallest absolute Gasteiger partial charge is 0.267 e. The Bertz CT molecular complexity index is 835. The van der Waals surface area contributed by atoms with Crippen LogP contribution in [0.5, 0.6) is 0 Å². The van der Waals surface area contributed by atoms with Gasteiger partial charge in [0.2, 0.25) is 0 Å². The highest BCUT2D eigenvalue weighted by Gasteiger charge is 2.26. The Morgan fingerprint density at radius 3 is 3.05 bits per heavy atom. The van der Waals surface area contributed by atoms with Crippen LogP contribution in [0.1, 0.15) is 26.6 Å². The van der Waals surface area contributed by atoms with Gasteiger partial charge in [0.25, 0.3) is 5.91 Å². The van der Waals surface area contributed by atoms with E-state index in [9.17, 15) is 4.79 Å². The fourth-order valence-electron chi connectivity index (χ4n) is 2.91. The van der Waals surface area contributed by atoms with Gasteiger partial charge in [-0.2, -0.15) is 0 Å². The van der Waals surface area contributed by atoms with Gasteiger partial charge in [0.05, 0.1) is 5.69 Å². The molecular weight excluding hydrogens is 284 g/mol. The summed E-state index contributed by atoms with van der Waals surface area (Å²) in [7, 11) is 0. The Balaban J connectivity index is 1.70. The van der Waals surface area contributed by atoms with Crippen molar-refractivity contribution in [3.8, 4) is 0 Å². The summed E-state index contributed by atoms with van der Waals surface area (Å²) in [5, 5.41) is 5.14. The average molecular weight is 298 g/mol. The number of aromatic nitrogens is 3. The number of nitrogens with zero attached hydrogens (tertiary/aromatic N) is 3. The molecule has 1 aliphatic rings. The van der Waals surface area contributed by atoms with Crippen molar-refractivity contribution < 1.29 is 4.79 Å². The van der Waals surface area contributed by atoms with Crippen LogP contribution in [0.2, 0.25) is 0 Å². The van der Waals surface area contributed by atoms with E-state index in [1.807, 2.05) is 24.0 Å². The van der Waals surface area contributed by atoms with E-state index in [0.29, 0.717) is 11.4 Å². The summed E-state index contributed by atoms with van der Waals surface area (Å²) in [4.78, 5) is 18.6. The molecule has 1 N–H and O–H groups in total. The van der Waals surface area contributed by atoms with Crippen molar-refractivity contribution >= 4 is 28.3 Å². The number of hydrogen-bond donors (Lipinski definition) is 1. The Morgan fingerprint density at radius 2 is 2.24 bits per heavy atom. The second-order valence-corrected chi connectivity index (χ2v) is 6.05. The number of fused-ring (bicyclic) bond motifs is 3. The molecule has 0 fully saturated rings. The van der Waals surface area contributed by atoms with Crippen LogP contribution in [0.4, 0.5) is 0 Å². The molecule has 0 saturated heterocycles. The maximum atomic E-state index is 12.6. The van der Waals surface area contributed by atoms with Crippen LogP contribution in [0.15, 0.2) is 24.3 Å². The standard InChI is InChI=1S/C15H14N4OS/c1-9-14(21-18-17-9)15(20)19-7-6-13-11(8-19)10-4-2-3-5-12(10)16-13/h2-5,16H,6-8H2,1H3. The molecule has 5 nitrogen and oxygen atoms in total. The zero-order valence-corrected chi connectivity index (χ0v) is 12.4. The predicted octanol–water partition coefficient (Wildman–Crippen LogP) is 2.53. The third-order valence-corrected chi connectivity index (χ3v) is 4.83. The molecule has 3 aromatic rings. The van der Waals surface area contributed by atoms with E-state index in [4.69, 9.17) is 0 Å². The number of carbonyl (C=O) groups excluding carboxylic acids is 1. The van der Waals surface area contributed by atoms with Gasteiger partial charge in [-0.05, 0) is 24.5 Å². The molecule has 4 rings (SSSR count). The highest BCUT2D eigenvalue weighted by atomic mass is 32.1. The van der Waals surface area contributed by atoms with Crippen molar-refractivity contribution in [3.05, 3.63) is 46.1 Å². The third kappa shape index (κ3) is 1.94. The lowest BCUT2D eigenvalue weighted by molar-refractivity contribution is 0.0739. The number of H-pyrrole nitrogens is 1. The number of carbonyl (C=O) groups is 1. The highest BCUT2D eigenvalue weighted by Crippen LogP contribution is 2.28. The minimum atomic E-state index is 0.0402. The van der Waals surface area contributed by atoms with Crippen molar-refractivity contribution in [2.45, 2.75) is 19.9 Å². The van der Waals surface area contributed by atoms with Crippen LogP contribution in [0.25, 0.3) is 10.9 Å². The van der Waals surface area contributed by atoms with E-state index in [2.05, 4.69) is 26.7 Å². The van der Waals surface area contributed by atoms with Crippen LogP contribution in [-0.4, -0.2) is 31.9 Å². The second-order valence-electron chi connectivity index (χ2n) is 5.29. The number of hydrogen-bond acceptors (Lipinski definition) is 4. The summed E-state index contributed by atoms with van der Waals surface area (Å²) in [6, 6.07) is 8.25. The Kier molecular flexibility index (Phi) is 2.78. The first-order chi connectivity index (χ1) is 10.2. The third-order valence-electron chi connectivity index (χ3n) is 4.02. The predicted molar refractivity (Wildman–Crippen MR) is 81.4 cm³/mol. The lowest BCUT2D eigenvalue weighted by Crippen LogP contribution is -2.35. The van der Waals surface area contributed by atoms with Gasteiger partial charge < -0.3 is 9.88 Å². The molecule has 0 atom stereocenters. The van der Waals surface area contributed by atoms with Crippen LogP contribution in [0.3, 0.4) is 0 Å². The molecule has 1 amide bonds. The SMILES string of the molecule is Cc1nnsc1C(=O)N1CCc2[nH]c3ccccc3c2C1. The van der Waals surface area contributed by atoms with E-state index in [-0.39, 0.29) is 5.91 Å². The second kappa shape index (κ2) is 4.66. The Labute approximate surface area is 125 Å².